The predicted molar refractivity (Wildman–Crippen MR) is 73.0 cm³/mol. The van der Waals surface area contributed by atoms with Crippen molar-refractivity contribution < 1.29 is 19.5 Å². The zero-order chi connectivity index (χ0) is 15.6. The first-order chi connectivity index (χ1) is 9.90. The van der Waals surface area contributed by atoms with Crippen molar-refractivity contribution in [2.24, 2.45) is 5.92 Å². The third-order valence-corrected chi connectivity index (χ3v) is 2.92. The zero-order valence-corrected chi connectivity index (χ0v) is 11.4. The first-order valence-electron chi connectivity index (χ1n) is 6.29. The van der Waals surface area contributed by atoms with Gasteiger partial charge in [-0.1, -0.05) is 13.8 Å². The van der Waals surface area contributed by atoms with Gasteiger partial charge in [0.25, 0.3) is 0 Å². The highest BCUT2D eigenvalue weighted by Gasteiger charge is 2.26. The molecule has 0 aliphatic heterocycles. The number of aliphatic carboxylic acids is 1. The molecule has 2 N–H and O–H groups in total. The summed E-state index contributed by atoms with van der Waals surface area (Å²) < 4.78 is 4.48. The Hall–Kier alpha value is -2.71. The van der Waals surface area contributed by atoms with E-state index in [-0.39, 0.29) is 28.3 Å². The molecule has 112 valence electrons. The number of aromatic nitrogens is 2. The maximum absolute atomic E-state index is 11.3. The molecule has 0 saturated carbocycles. The number of carboxylic acids is 1. The number of hydrogen-bond acceptors (Lipinski definition) is 7. The third-order valence-electron chi connectivity index (χ3n) is 2.92. The van der Waals surface area contributed by atoms with E-state index in [1.807, 2.05) is 13.8 Å². The number of anilines is 1. The molecule has 2 aromatic rings. The van der Waals surface area contributed by atoms with Crippen molar-refractivity contribution in [3.8, 4) is 0 Å². The highest BCUT2D eigenvalue weighted by Crippen LogP contribution is 2.32. The number of fused-ring (bicyclic) bond motifs is 1. The number of nitro groups is 1. The summed E-state index contributed by atoms with van der Waals surface area (Å²) in [6, 6.07) is 1.96. The Morgan fingerprint density at radius 2 is 2.19 bits per heavy atom. The molecule has 1 aromatic carbocycles. The lowest BCUT2D eigenvalue weighted by Crippen LogP contribution is -2.31. The summed E-state index contributed by atoms with van der Waals surface area (Å²) in [5.41, 5.74) is -0.0401. The molecule has 9 nitrogen and oxygen atoms in total. The summed E-state index contributed by atoms with van der Waals surface area (Å²) in [4.78, 5) is 21.8. The lowest BCUT2D eigenvalue weighted by atomic mass is 10.0. The number of carboxylic acid groups (broad SMARTS) is 1. The fraction of sp³-hybridized carbons (Fsp3) is 0.417. The van der Waals surface area contributed by atoms with E-state index in [0.717, 1.165) is 0 Å². The molecule has 0 aliphatic carbocycles. The van der Waals surface area contributed by atoms with E-state index in [0.29, 0.717) is 6.42 Å². The Balaban J connectivity index is 2.42. The van der Waals surface area contributed by atoms with Crippen molar-refractivity contribution in [1.29, 1.82) is 0 Å². The lowest BCUT2D eigenvalue weighted by molar-refractivity contribution is -0.382. The minimum Gasteiger partial charge on any atom is -0.480 e. The molecule has 1 unspecified atom stereocenters. The van der Waals surface area contributed by atoms with Crippen LogP contribution in [0.1, 0.15) is 20.3 Å². The van der Waals surface area contributed by atoms with E-state index in [4.69, 9.17) is 0 Å². The van der Waals surface area contributed by atoms with Gasteiger partial charge in [-0.2, -0.15) is 0 Å². The molecule has 9 heteroatoms. The summed E-state index contributed by atoms with van der Waals surface area (Å²) in [5, 5.41) is 30.1. The molecular formula is C12H14N4O5. The lowest BCUT2D eigenvalue weighted by Gasteiger charge is -2.17. The number of nitrogens with one attached hydrogen (secondary N) is 1. The molecule has 0 saturated heterocycles. The average Bonchev–Trinajstić information content (AvgIpc) is 2.84. The summed E-state index contributed by atoms with van der Waals surface area (Å²) >= 11 is 0. The Morgan fingerprint density at radius 3 is 2.76 bits per heavy atom. The van der Waals surface area contributed by atoms with Crippen LogP contribution in [0, 0.1) is 16.0 Å². The second-order valence-electron chi connectivity index (χ2n) is 5.02. The molecule has 0 fully saturated rings. The van der Waals surface area contributed by atoms with Crippen molar-refractivity contribution in [1.82, 2.24) is 10.3 Å². The third kappa shape index (κ3) is 3.07. The average molecular weight is 294 g/mol. The van der Waals surface area contributed by atoms with Crippen LogP contribution in [0.5, 0.6) is 0 Å². The van der Waals surface area contributed by atoms with E-state index in [1.54, 1.807) is 0 Å². The number of nitrogens with zero attached hydrogens (tertiary/aromatic N) is 3. The van der Waals surface area contributed by atoms with Gasteiger partial charge in [0.2, 0.25) is 5.52 Å². The number of nitro benzene ring substituents is 1. The van der Waals surface area contributed by atoms with E-state index in [1.165, 1.54) is 12.1 Å². The molecule has 0 bridgehead atoms. The minimum absolute atomic E-state index is 0.0151. The normalized spacial score (nSPS) is 12.5. The fourth-order valence-corrected chi connectivity index (χ4v) is 2.02. The SMILES string of the molecule is CC(C)CC(Nc1ccc2nonc2c1[N+](=O)[O-])C(=O)O. The smallest absolute Gasteiger partial charge is 0.326 e. The van der Waals surface area contributed by atoms with Crippen molar-refractivity contribution in [2.45, 2.75) is 26.3 Å². The van der Waals surface area contributed by atoms with Gasteiger partial charge >= 0.3 is 11.7 Å². The number of hydrogen-bond donors (Lipinski definition) is 2. The van der Waals surface area contributed by atoms with Crippen LogP contribution in [-0.4, -0.2) is 32.4 Å². The van der Waals surface area contributed by atoms with Crippen LogP contribution in [0.2, 0.25) is 0 Å². The zero-order valence-electron chi connectivity index (χ0n) is 11.4. The molecule has 21 heavy (non-hydrogen) atoms. The largest absolute Gasteiger partial charge is 0.480 e. The van der Waals surface area contributed by atoms with Gasteiger partial charge in [-0.25, -0.2) is 9.42 Å². The maximum atomic E-state index is 11.3. The van der Waals surface area contributed by atoms with Gasteiger partial charge < -0.3 is 10.4 Å². The summed E-state index contributed by atoms with van der Waals surface area (Å²) in [6.07, 6.45) is 0.335. The molecule has 1 aromatic heterocycles. The van der Waals surface area contributed by atoms with Crippen LogP contribution < -0.4 is 5.32 Å². The Bertz CT molecular complexity index is 681. The van der Waals surface area contributed by atoms with Crippen LogP contribution >= 0.6 is 0 Å². The minimum atomic E-state index is -1.07. The highest BCUT2D eigenvalue weighted by molar-refractivity contribution is 5.92. The van der Waals surface area contributed by atoms with E-state index in [2.05, 4.69) is 20.3 Å². The predicted octanol–water partition coefficient (Wildman–Crippen LogP) is 2.04. The Morgan fingerprint density at radius 1 is 1.48 bits per heavy atom. The monoisotopic (exact) mass is 294 g/mol. The molecule has 1 atom stereocenters. The topological polar surface area (TPSA) is 131 Å². The van der Waals surface area contributed by atoms with Crippen LogP contribution in [0.3, 0.4) is 0 Å². The van der Waals surface area contributed by atoms with Crippen LogP contribution in [0.4, 0.5) is 11.4 Å². The molecule has 0 spiro atoms. The summed E-state index contributed by atoms with van der Waals surface area (Å²) in [5.74, 6) is -0.952. The number of carbonyl (C=O) groups is 1. The second kappa shape index (κ2) is 5.73. The van der Waals surface area contributed by atoms with Crippen LogP contribution in [-0.2, 0) is 4.79 Å². The van der Waals surface area contributed by atoms with E-state index < -0.39 is 16.9 Å². The molecule has 0 aliphatic rings. The molecule has 0 radical (unpaired) electrons. The fourth-order valence-electron chi connectivity index (χ4n) is 2.02. The first kappa shape index (κ1) is 14.7. The quantitative estimate of drug-likeness (QED) is 0.611. The summed E-state index contributed by atoms with van der Waals surface area (Å²) in [7, 11) is 0. The Labute approximate surface area is 119 Å². The van der Waals surface area contributed by atoms with Gasteiger partial charge in [0.05, 0.1) is 4.92 Å². The van der Waals surface area contributed by atoms with E-state index >= 15 is 0 Å². The van der Waals surface area contributed by atoms with Gasteiger partial charge in [-0.05, 0) is 34.8 Å². The van der Waals surface area contributed by atoms with Crippen molar-refractivity contribution in [3.05, 3.63) is 22.2 Å². The van der Waals surface area contributed by atoms with Crippen molar-refractivity contribution >= 4 is 28.4 Å². The second-order valence-corrected chi connectivity index (χ2v) is 5.02. The van der Waals surface area contributed by atoms with Gasteiger partial charge in [0.1, 0.15) is 17.2 Å². The van der Waals surface area contributed by atoms with E-state index in [9.17, 15) is 20.0 Å². The molecule has 1 heterocycles. The van der Waals surface area contributed by atoms with Crippen molar-refractivity contribution in [3.63, 3.8) is 0 Å². The van der Waals surface area contributed by atoms with Crippen molar-refractivity contribution in [2.75, 3.05) is 5.32 Å². The van der Waals surface area contributed by atoms with Crippen LogP contribution in [0.25, 0.3) is 11.0 Å². The van der Waals surface area contributed by atoms with Gasteiger partial charge in [0.15, 0.2) is 0 Å². The molecular weight excluding hydrogens is 280 g/mol. The summed E-state index contributed by atoms with van der Waals surface area (Å²) in [6.45, 7) is 3.74. The van der Waals surface area contributed by atoms with Gasteiger partial charge in [-0.15, -0.1) is 0 Å². The number of rotatable bonds is 6. The maximum Gasteiger partial charge on any atom is 0.326 e. The standard InChI is InChI=1S/C12H14N4O5/c1-6(2)5-9(12(17)18)13-8-4-3-7-10(15-21-14-7)11(8)16(19)20/h3-4,6,9,13H,5H2,1-2H3,(H,17,18). The first-order valence-corrected chi connectivity index (χ1v) is 6.29. The van der Waals surface area contributed by atoms with Gasteiger partial charge in [0, 0.05) is 0 Å². The Kier molecular flexibility index (Phi) is 4.01. The highest BCUT2D eigenvalue weighted by atomic mass is 16.6. The van der Waals surface area contributed by atoms with Gasteiger partial charge in [-0.3, -0.25) is 10.1 Å². The van der Waals surface area contributed by atoms with Crippen LogP contribution in [0.15, 0.2) is 16.8 Å². The molecule has 2 rings (SSSR count). The molecule has 0 amide bonds. The number of benzene rings is 1.